The van der Waals surface area contributed by atoms with Gasteiger partial charge in [0.2, 0.25) is 15.9 Å². The Kier molecular flexibility index (Phi) is 3.95. The first kappa shape index (κ1) is 14.4. The first-order chi connectivity index (χ1) is 8.81. The monoisotopic (exact) mass is 303 g/mol. The van der Waals surface area contributed by atoms with Crippen LogP contribution in [0, 0.1) is 0 Å². The van der Waals surface area contributed by atoms with E-state index in [0.29, 0.717) is 12.8 Å². The van der Waals surface area contributed by atoms with Crippen LogP contribution in [0.2, 0.25) is 0 Å². The quantitative estimate of drug-likeness (QED) is 0.741. The van der Waals surface area contributed by atoms with Gasteiger partial charge in [0.05, 0.1) is 12.1 Å². The van der Waals surface area contributed by atoms with Gasteiger partial charge in [-0.3, -0.25) is 4.79 Å². The van der Waals surface area contributed by atoms with Crippen molar-refractivity contribution in [2.75, 3.05) is 0 Å². The van der Waals surface area contributed by atoms with Crippen LogP contribution < -0.4 is 16.2 Å². The molecule has 1 amide bonds. The number of carbonyl (C=O) groups is 1. The molecular weight excluding hydrogens is 286 g/mol. The van der Waals surface area contributed by atoms with Gasteiger partial charge >= 0.3 is 0 Å². The molecule has 0 radical (unpaired) electrons. The second-order valence-electron chi connectivity index (χ2n) is 4.81. The summed E-state index contributed by atoms with van der Waals surface area (Å²) in [6.07, 6.45) is 3.34. The largest absolute Gasteiger partial charge is 0.350 e. The number of thiophene rings is 1. The first-order valence-electron chi connectivity index (χ1n) is 6.00. The van der Waals surface area contributed by atoms with Crippen LogP contribution in [0.25, 0.3) is 0 Å². The topological polar surface area (TPSA) is 115 Å². The molecule has 6 nitrogen and oxygen atoms in total. The van der Waals surface area contributed by atoms with Crippen molar-refractivity contribution in [3.63, 3.8) is 0 Å². The van der Waals surface area contributed by atoms with E-state index in [9.17, 15) is 13.2 Å². The molecule has 1 aromatic heterocycles. The Morgan fingerprint density at radius 2 is 2.00 bits per heavy atom. The van der Waals surface area contributed by atoms with E-state index in [-0.39, 0.29) is 16.7 Å². The minimum absolute atomic E-state index is 0.0973. The number of primary sulfonamides is 1. The van der Waals surface area contributed by atoms with Crippen molar-refractivity contribution >= 4 is 27.3 Å². The number of hydrogen-bond acceptors (Lipinski definition) is 5. The molecule has 1 heterocycles. The van der Waals surface area contributed by atoms with E-state index in [1.165, 1.54) is 6.07 Å². The SMILES string of the molecule is NC1(C(=O)NCc2ccc(S(N)(=O)=O)s2)CCCC1. The third-order valence-electron chi connectivity index (χ3n) is 3.29. The van der Waals surface area contributed by atoms with E-state index in [4.69, 9.17) is 10.9 Å². The van der Waals surface area contributed by atoms with Crippen molar-refractivity contribution < 1.29 is 13.2 Å². The molecule has 0 aromatic carbocycles. The van der Waals surface area contributed by atoms with Crippen molar-refractivity contribution in [3.05, 3.63) is 17.0 Å². The molecule has 1 saturated carbocycles. The first-order valence-corrected chi connectivity index (χ1v) is 8.36. The predicted molar refractivity (Wildman–Crippen MR) is 72.9 cm³/mol. The van der Waals surface area contributed by atoms with Crippen molar-refractivity contribution in [2.45, 2.75) is 42.0 Å². The van der Waals surface area contributed by atoms with Crippen LogP contribution in [0.5, 0.6) is 0 Å². The van der Waals surface area contributed by atoms with Crippen LogP contribution in [0.15, 0.2) is 16.3 Å². The van der Waals surface area contributed by atoms with Crippen LogP contribution in [0.3, 0.4) is 0 Å². The third kappa shape index (κ3) is 3.33. The van der Waals surface area contributed by atoms with Gasteiger partial charge in [0, 0.05) is 4.88 Å². The molecule has 8 heteroatoms. The lowest BCUT2D eigenvalue weighted by Crippen LogP contribution is -2.51. The van der Waals surface area contributed by atoms with E-state index < -0.39 is 15.6 Å². The summed E-state index contributed by atoms with van der Waals surface area (Å²) in [5.41, 5.74) is 5.25. The van der Waals surface area contributed by atoms with Crippen LogP contribution >= 0.6 is 11.3 Å². The molecule has 0 bridgehead atoms. The average molecular weight is 303 g/mol. The summed E-state index contributed by atoms with van der Waals surface area (Å²) in [4.78, 5) is 12.7. The lowest BCUT2D eigenvalue weighted by Gasteiger charge is -2.21. The lowest BCUT2D eigenvalue weighted by atomic mass is 9.98. The highest BCUT2D eigenvalue weighted by molar-refractivity contribution is 7.91. The van der Waals surface area contributed by atoms with Crippen LogP contribution in [-0.2, 0) is 21.4 Å². The zero-order valence-electron chi connectivity index (χ0n) is 10.4. The van der Waals surface area contributed by atoms with Gasteiger partial charge in [-0.15, -0.1) is 11.3 Å². The maximum absolute atomic E-state index is 12.0. The number of nitrogens with two attached hydrogens (primary N) is 2. The number of rotatable bonds is 4. The highest BCUT2D eigenvalue weighted by Gasteiger charge is 2.36. The Balaban J connectivity index is 1.96. The average Bonchev–Trinajstić information content (AvgIpc) is 2.94. The second kappa shape index (κ2) is 5.20. The number of carbonyl (C=O) groups excluding carboxylic acids is 1. The Morgan fingerprint density at radius 3 is 2.53 bits per heavy atom. The normalized spacial score (nSPS) is 18.4. The van der Waals surface area contributed by atoms with Crippen LogP contribution in [0.1, 0.15) is 30.6 Å². The number of hydrogen-bond donors (Lipinski definition) is 3. The minimum atomic E-state index is -3.67. The summed E-state index contributed by atoms with van der Waals surface area (Å²) >= 11 is 1.05. The Bertz CT molecular complexity index is 574. The Hall–Kier alpha value is -0.960. The van der Waals surface area contributed by atoms with Gasteiger partial charge in [0.1, 0.15) is 4.21 Å². The molecule has 1 aliphatic carbocycles. The molecule has 1 aromatic rings. The summed E-state index contributed by atoms with van der Waals surface area (Å²) < 4.78 is 22.3. The molecule has 19 heavy (non-hydrogen) atoms. The van der Waals surface area contributed by atoms with Crippen LogP contribution in [-0.4, -0.2) is 19.9 Å². The molecule has 1 fully saturated rings. The van der Waals surface area contributed by atoms with Gasteiger partial charge < -0.3 is 11.1 Å². The van der Waals surface area contributed by atoms with Gasteiger partial charge in [0.15, 0.2) is 0 Å². The smallest absolute Gasteiger partial charge is 0.247 e. The molecule has 0 aliphatic heterocycles. The molecule has 0 atom stereocenters. The zero-order chi connectivity index (χ0) is 14.1. The summed E-state index contributed by atoms with van der Waals surface area (Å²) in [5, 5.41) is 7.78. The van der Waals surface area contributed by atoms with Crippen molar-refractivity contribution in [1.82, 2.24) is 5.32 Å². The number of nitrogens with one attached hydrogen (secondary N) is 1. The predicted octanol–water partition coefficient (Wildman–Crippen LogP) is 0.283. The maximum atomic E-state index is 12.0. The minimum Gasteiger partial charge on any atom is -0.350 e. The number of sulfonamides is 1. The highest BCUT2D eigenvalue weighted by atomic mass is 32.2. The number of amides is 1. The standard InChI is InChI=1S/C11H17N3O3S2/c12-11(5-1-2-6-11)10(15)14-7-8-3-4-9(18-8)19(13,16)17/h3-4H,1-2,5-7,12H2,(H,14,15)(H2,13,16,17). The van der Waals surface area contributed by atoms with Crippen molar-refractivity contribution in [1.29, 1.82) is 0 Å². The molecule has 1 aliphatic rings. The van der Waals surface area contributed by atoms with E-state index in [1.54, 1.807) is 6.07 Å². The van der Waals surface area contributed by atoms with Gasteiger partial charge in [0.25, 0.3) is 0 Å². The Morgan fingerprint density at radius 1 is 1.37 bits per heavy atom. The van der Waals surface area contributed by atoms with Crippen molar-refractivity contribution in [2.24, 2.45) is 10.9 Å². The molecule has 0 spiro atoms. The highest BCUT2D eigenvalue weighted by Crippen LogP contribution is 2.27. The lowest BCUT2D eigenvalue weighted by molar-refractivity contribution is -0.126. The summed E-state index contributed by atoms with van der Waals surface area (Å²) in [6, 6.07) is 3.08. The maximum Gasteiger partial charge on any atom is 0.247 e. The van der Waals surface area contributed by atoms with E-state index in [0.717, 1.165) is 29.1 Å². The van der Waals surface area contributed by atoms with E-state index in [1.807, 2.05) is 0 Å². The fourth-order valence-electron chi connectivity index (χ4n) is 2.18. The van der Waals surface area contributed by atoms with E-state index in [2.05, 4.69) is 5.32 Å². The third-order valence-corrected chi connectivity index (χ3v) is 5.81. The molecule has 5 N–H and O–H groups in total. The van der Waals surface area contributed by atoms with Gasteiger partial charge in [-0.2, -0.15) is 0 Å². The fourth-order valence-corrected chi connectivity index (χ4v) is 3.90. The summed E-state index contributed by atoms with van der Waals surface area (Å²) in [5.74, 6) is -0.171. The van der Waals surface area contributed by atoms with Crippen molar-refractivity contribution in [3.8, 4) is 0 Å². The molecule has 2 rings (SSSR count). The molecule has 106 valence electrons. The summed E-state index contributed by atoms with van der Waals surface area (Å²) in [7, 11) is -3.67. The molecule has 0 unspecified atom stereocenters. The van der Waals surface area contributed by atoms with Crippen LogP contribution in [0.4, 0.5) is 0 Å². The van der Waals surface area contributed by atoms with Gasteiger partial charge in [-0.25, -0.2) is 13.6 Å². The van der Waals surface area contributed by atoms with Gasteiger partial charge in [-0.05, 0) is 25.0 Å². The summed E-state index contributed by atoms with van der Waals surface area (Å²) in [6.45, 7) is 0.276. The van der Waals surface area contributed by atoms with Gasteiger partial charge in [-0.1, -0.05) is 12.8 Å². The van der Waals surface area contributed by atoms with E-state index >= 15 is 0 Å². The fraction of sp³-hybridized carbons (Fsp3) is 0.545. The second-order valence-corrected chi connectivity index (χ2v) is 7.77. The molecular formula is C11H17N3O3S2. The molecule has 0 saturated heterocycles. The Labute approximate surface area is 116 Å². The zero-order valence-corrected chi connectivity index (χ0v) is 12.0.